The Bertz CT molecular complexity index is 1050. The summed E-state index contributed by atoms with van der Waals surface area (Å²) in [6.45, 7) is 6.50. The van der Waals surface area contributed by atoms with Crippen LogP contribution in [0.3, 0.4) is 0 Å². The summed E-state index contributed by atoms with van der Waals surface area (Å²) in [5.41, 5.74) is 4.98. The second kappa shape index (κ2) is 10.1. The third-order valence-electron chi connectivity index (χ3n) is 6.08. The first kappa shape index (κ1) is 23.5. The van der Waals surface area contributed by atoms with E-state index in [-0.39, 0.29) is 5.60 Å². The Labute approximate surface area is 200 Å². The molecule has 0 atom stereocenters. The van der Waals surface area contributed by atoms with Gasteiger partial charge in [-0.15, -0.1) is 0 Å². The summed E-state index contributed by atoms with van der Waals surface area (Å²) in [5, 5.41) is 10.3. The quantitative estimate of drug-likeness (QED) is 0.329. The van der Waals surface area contributed by atoms with Gasteiger partial charge in [-0.3, -0.25) is 19.7 Å². The van der Waals surface area contributed by atoms with E-state index in [1.165, 1.54) is 10.8 Å². The topological polar surface area (TPSA) is 71.1 Å². The zero-order valence-electron chi connectivity index (χ0n) is 19.4. The van der Waals surface area contributed by atoms with Gasteiger partial charge in [0.2, 0.25) is 6.41 Å². The fraction of sp³-hybridized carbons (Fsp3) is 0.423. The van der Waals surface area contributed by atoms with Crippen LogP contribution >= 0.6 is 11.6 Å². The highest BCUT2D eigenvalue weighted by Crippen LogP contribution is 2.42. The molecule has 7 heteroatoms. The molecule has 0 saturated heterocycles. The van der Waals surface area contributed by atoms with Gasteiger partial charge < -0.3 is 0 Å². The zero-order valence-corrected chi connectivity index (χ0v) is 20.2. The van der Waals surface area contributed by atoms with Crippen LogP contribution in [0.5, 0.6) is 0 Å². The molecule has 174 valence electrons. The second-order valence-electron chi connectivity index (χ2n) is 9.73. The van der Waals surface area contributed by atoms with Crippen molar-refractivity contribution in [3.8, 4) is 22.4 Å². The number of hydrogen-bond acceptors (Lipinski definition) is 4. The molecule has 33 heavy (non-hydrogen) atoms. The van der Waals surface area contributed by atoms with Crippen molar-refractivity contribution in [2.75, 3.05) is 6.54 Å². The van der Waals surface area contributed by atoms with Crippen molar-refractivity contribution in [1.29, 1.82) is 0 Å². The molecule has 1 aliphatic carbocycles. The normalized spacial score (nSPS) is 18.8. The minimum atomic E-state index is -0.383. The van der Waals surface area contributed by atoms with E-state index in [4.69, 9.17) is 21.5 Å². The molecule has 0 bridgehead atoms. The van der Waals surface area contributed by atoms with Gasteiger partial charge in [-0.2, -0.15) is 5.10 Å². The molecule has 6 nitrogen and oxygen atoms in total. The minimum Gasteiger partial charge on any atom is -0.281 e. The smallest absolute Gasteiger partial charge is 0.233 e. The largest absolute Gasteiger partial charge is 0.281 e. The molecule has 0 aliphatic heterocycles. The summed E-state index contributed by atoms with van der Waals surface area (Å²) < 4.78 is 0. The summed E-state index contributed by atoms with van der Waals surface area (Å²) in [6, 6.07) is 11.9. The summed E-state index contributed by atoms with van der Waals surface area (Å²) in [5.74, 6) is 0.808. The Morgan fingerprint density at radius 1 is 1.06 bits per heavy atom. The number of aromatic amines is 1. The van der Waals surface area contributed by atoms with E-state index in [0.29, 0.717) is 23.4 Å². The number of carbonyl (C=O) groups is 1. The lowest BCUT2D eigenvalue weighted by Gasteiger charge is -2.33. The molecule has 4 rings (SSSR count). The fourth-order valence-electron chi connectivity index (χ4n) is 4.62. The van der Waals surface area contributed by atoms with Crippen LogP contribution in [0.25, 0.3) is 22.4 Å². The maximum absolute atomic E-state index is 11.5. The van der Waals surface area contributed by atoms with Crippen LogP contribution in [0.2, 0.25) is 5.02 Å². The zero-order chi connectivity index (χ0) is 23.4. The SMILES string of the molecule is CC(C)(C)ON(C=O)CC1CCC(c2[nH]nc(-c3ccc(Cl)cc3)c2-c2ccncc2)CC1. The Balaban J connectivity index is 1.54. The lowest BCUT2D eigenvalue weighted by atomic mass is 9.78. The monoisotopic (exact) mass is 466 g/mol. The Hall–Kier alpha value is -2.70. The van der Waals surface area contributed by atoms with Crippen LogP contribution in [0.15, 0.2) is 48.8 Å². The van der Waals surface area contributed by atoms with Crippen molar-refractivity contribution in [1.82, 2.24) is 20.2 Å². The highest BCUT2D eigenvalue weighted by Gasteiger charge is 2.29. The molecule has 1 N–H and O–H groups in total. The number of nitrogens with one attached hydrogen (secondary N) is 1. The summed E-state index contributed by atoms with van der Waals surface area (Å²) >= 11 is 6.11. The maximum Gasteiger partial charge on any atom is 0.233 e. The summed E-state index contributed by atoms with van der Waals surface area (Å²) in [4.78, 5) is 21.4. The average Bonchev–Trinajstić information content (AvgIpc) is 3.24. The second-order valence-corrected chi connectivity index (χ2v) is 10.2. The van der Waals surface area contributed by atoms with Crippen LogP contribution in [0.1, 0.15) is 58.1 Å². The number of hydrogen-bond donors (Lipinski definition) is 1. The summed E-state index contributed by atoms with van der Waals surface area (Å²) in [7, 11) is 0. The number of hydroxylamine groups is 2. The van der Waals surface area contributed by atoms with Crippen LogP contribution in [0.4, 0.5) is 0 Å². The van der Waals surface area contributed by atoms with E-state index in [2.05, 4.69) is 10.1 Å². The van der Waals surface area contributed by atoms with Crippen LogP contribution in [0, 0.1) is 5.92 Å². The van der Waals surface area contributed by atoms with Crippen molar-refractivity contribution < 1.29 is 9.63 Å². The van der Waals surface area contributed by atoms with E-state index in [1.807, 2.05) is 69.6 Å². The van der Waals surface area contributed by atoms with Crippen molar-refractivity contribution >= 4 is 18.0 Å². The van der Waals surface area contributed by atoms with E-state index in [0.717, 1.165) is 54.5 Å². The van der Waals surface area contributed by atoms with Crippen molar-refractivity contribution in [2.45, 2.75) is 58.0 Å². The van der Waals surface area contributed by atoms with Gasteiger partial charge in [0.15, 0.2) is 0 Å². The number of amides is 1. The lowest BCUT2D eigenvalue weighted by Crippen LogP contribution is -2.37. The van der Waals surface area contributed by atoms with E-state index in [9.17, 15) is 4.79 Å². The molecule has 0 unspecified atom stereocenters. The molecule has 1 aromatic carbocycles. The molecular weight excluding hydrogens is 436 g/mol. The van der Waals surface area contributed by atoms with E-state index in [1.54, 1.807) is 0 Å². The Morgan fingerprint density at radius 2 is 1.73 bits per heavy atom. The van der Waals surface area contributed by atoms with Gasteiger partial charge in [0.05, 0.1) is 12.1 Å². The fourth-order valence-corrected chi connectivity index (χ4v) is 4.75. The van der Waals surface area contributed by atoms with Gasteiger partial charge >= 0.3 is 0 Å². The minimum absolute atomic E-state index is 0.381. The molecule has 1 saturated carbocycles. The maximum atomic E-state index is 11.5. The van der Waals surface area contributed by atoms with Crippen molar-refractivity contribution in [2.24, 2.45) is 5.92 Å². The highest BCUT2D eigenvalue weighted by molar-refractivity contribution is 6.30. The number of halogens is 1. The molecule has 1 amide bonds. The van der Waals surface area contributed by atoms with Gasteiger partial charge in [0.1, 0.15) is 5.69 Å². The highest BCUT2D eigenvalue weighted by atomic mass is 35.5. The molecule has 0 spiro atoms. The number of benzene rings is 1. The number of H-pyrrole nitrogens is 1. The Morgan fingerprint density at radius 3 is 2.33 bits per heavy atom. The number of nitrogens with zero attached hydrogens (tertiary/aromatic N) is 3. The van der Waals surface area contributed by atoms with Crippen LogP contribution < -0.4 is 0 Å². The average molecular weight is 467 g/mol. The van der Waals surface area contributed by atoms with E-state index >= 15 is 0 Å². The summed E-state index contributed by atoms with van der Waals surface area (Å²) in [6.07, 6.45) is 8.57. The molecule has 2 heterocycles. The third kappa shape index (κ3) is 5.81. The predicted octanol–water partition coefficient (Wildman–Crippen LogP) is 6.25. The number of rotatable bonds is 7. The first-order valence-electron chi connectivity index (χ1n) is 11.5. The Kier molecular flexibility index (Phi) is 7.15. The molecule has 1 aliphatic rings. The molecular formula is C26H31ClN4O2. The molecule has 0 radical (unpaired) electrons. The number of pyridine rings is 1. The first-order valence-corrected chi connectivity index (χ1v) is 11.9. The van der Waals surface area contributed by atoms with Crippen molar-refractivity contribution in [3.05, 3.63) is 59.5 Å². The molecule has 1 fully saturated rings. The first-order chi connectivity index (χ1) is 15.8. The van der Waals surface area contributed by atoms with Gasteiger partial charge in [-0.05, 0) is 82.2 Å². The molecule has 3 aromatic rings. The predicted molar refractivity (Wildman–Crippen MR) is 131 cm³/mol. The third-order valence-corrected chi connectivity index (χ3v) is 6.33. The van der Waals surface area contributed by atoms with Gasteiger partial charge in [-0.25, -0.2) is 5.06 Å². The van der Waals surface area contributed by atoms with E-state index < -0.39 is 0 Å². The van der Waals surface area contributed by atoms with Gasteiger partial charge in [-0.1, -0.05) is 23.7 Å². The number of carbonyl (C=O) groups excluding carboxylic acids is 1. The standard InChI is InChI=1S/C26H31ClN4O2/c1-26(2,3)33-31(17-32)16-18-4-6-20(7-5-18)24-23(19-12-14-28-15-13-19)25(30-29-24)21-8-10-22(27)11-9-21/h8-15,17-18,20H,4-7,16H2,1-3H3,(H,29,30). The van der Waals surface area contributed by atoms with Gasteiger partial charge in [0, 0.05) is 40.2 Å². The number of aromatic nitrogens is 3. The van der Waals surface area contributed by atoms with Crippen molar-refractivity contribution in [3.63, 3.8) is 0 Å². The van der Waals surface area contributed by atoms with Gasteiger partial charge in [0.25, 0.3) is 0 Å². The lowest BCUT2D eigenvalue weighted by molar-refractivity contribution is -0.220. The molecule has 2 aromatic heterocycles. The van der Waals surface area contributed by atoms with Crippen LogP contribution in [-0.2, 0) is 9.63 Å². The van der Waals surface area contributed by atoms with Crippen LogP contribution in [-0.4, -0.2) is 38.8 Å².